The number of rotatable bonds is 7. The molecule has 0 saturated carbocycles. The second kappa shape index (κ2) is 7.41. The minimum Gasteiger partial charge on any atom is -0.480 e. The number of carboxylic acids is 1. The summed E-state index contributed by atoms with van der Waals surface area (Å²) in [7, 11) is 0. The average molecular weight is 264 g/mol. The fourth-order valence-electron chi connectivity index (χ4n) is 1.82. The van der Waals surface area contributed by atoms with Crippen molar-refractivity contribution in [3.8, 4) is 0 Å². The van der Waals surface area contributed by atoms with E-state index >= 15 is 0 Å². The third-order valence-corrected chi connectivity index (χ3v) is 2.78. The number of hydrogen-bond donors (Lipinski definition) is 2. The number of carbonyl (C=O) groups is 2. The van der Waals surface area contributed by atoms with Crippen molar-refractivity contribution in [3.63, 3.8) is 0 Å². The van der Waals surface area contributed by atoms with Gasteiger partial charge >= 0.3 is 5.97 Å². The molecule has 0 atom stereocenters. The first-order valence-electron chi connectivity index (χ1n) is 6.37. The smallest absolute Gasteiger partial charge is 0.323 e. The number of hydrogen-bond acceptors (Lipinski definition) is 3. The Hall–Kier alpha value is -2.04. The van der Waals surface area contributed by atoms with Crippen LogP contribution in [0.3, 0.4) is 0 Å². The van der Waals surface area contributed by atoms with Crippen molar-refractivity contribution in [2.75, 3.05) is 18.8 Å². The second-order valence-electron chi connectivity index (χ2n) is 4.45. The lowest BCUT2D eigenvalue weighted by molar-refractivity contribution is -0.144. The number of nitrogen functional groups attached to an aromatic ring is 1. The van der Waals surface area contributed by atoms with Crippen molar-refractivity contribution >= 4 is 17.6 Å². The van der Waals surface area contributed by atoms with Gasteiger partial charge in [0.1, 0.15) is 6.54 Å². The van der Waals surface area contributed by atoms with Gasteiger partial charge in [0.05, 0.1) is 0 Å². The topological polar surface area (TPSA) is 83.6 Å². The molecule has 0 aliphatic heterocycles. The van der Waals surface area contributed by atoms with Crippen LogP contribution in [0.5, 0.6) is 0 Å². The van der Waals surface area contributed by atoms with E-state index in [1.54, 1.807) is 12.1 Å². The number of nitrogens with zero attached hydrogens (tertiary/aromatic N) is 1. The third kappa shape index (κ3) is 5.42. The summed E-state index contributed by atoms with van der Waals surface area (Å²) in [6.07, 6.45) is 1.66. The monoisotopic (exact) mass is 264 g/mol. The maximum absolute atomic E-state index is 11.9. The van der Waals surface area contributed by atoms with E-state index in [1.165, 1.54) is 4.90 Å². The third-order valence-electron chi connectivity index (χ3n) is 2.78. The van der Waals surface area contributed by atoms with E-state index < -0.39 is 5.97 Å². The summed E-state index contributed by atoms with van der Waals surface area (Å²) in [4.78, 5) is 24.0. The van der Waals surface area contributed by atoms with Crippen molar-refractivity contribution < 1.29 is 14.7 Å². The molecule has 0 aromatic heterocycles. The molecular formula is C14H20N2O3. The van der Waals surface area contributed by atoms with Crippen LogP contribution in [0.4, 0.5) is 5.69 Å². The SMILES string of the molecule is CCCN(CC(=O)O)C(=O)CCc1ccc(N)cc1. The number of amides is 1. The molecule has 0 heterocycles. The Morgan fingerprint density at radius 2 is 1.89 bits per heavy atom. The molecule has 104 valence electrons. The van der Waals surface area contributed by atoms with Crippen LogP contribution in [0, 0.1) is 0 Å². The molecule has 0 saturated heterocycles. The summed E-state index contributed by atoms with van der Waals surface area (Å²) in [6.45, 7) is 2.17. The van der Waals surface area contributed by atoms with Crippen molar-refractivity contribution in [1.82, 2.24) is 4.90 Å². The molecule has 0 aliphatic carbocycles. The van der Waals surface area contributed by atoms with Gasteiger partial charge in [-0.3, -0.25) is 9.59 Å². The molecular weight excluding hydrogens is 244 g/mol. The Kier molecular flexibility index (Phi) is 5.85. The van der Waals surface area contributed by atoms with Crippen molar-refractivity contribution in [2.45, 2.75) is 26.2 Å². The van der Waals surface area contributed by atoms with E-state index in [0.717, 1.165) is 12.0 Å². The first-order valence-corrected chi connectivity index (χ1v) is 6.37. The molecule has 0 aliphatic rings. The second-order valence-corrected chi connectivity index (χ2v) is 4.45. The summed E-state index contributed by atoms with van der Waals surface area (Å²) in [6, 6.07) is 7.34. The van der Waals surface area contributed by atoms with Gasteiger partial charge in [0.25, 0.3) is 0 Å². The van der Waals surface area contributed by atoms with E-state index in [-0.39, 0.29) is 12.5 Å². The zero-order chi connectivity index (χ0) is 14.3. The van der Waals surface area contributed by atoms with Gasteiger partial charge in [-0.25, -0.2) is 0 Å². The molecule has 19 heavy (non-hydrogen) atoms. The van der Waals surface area contributed by atoms with Gasteiger partial charge in [0.2, 0.25) is 5.91 Å². The van der Waals surface area contributed by atoms with Crippen molar-refractivity contribution in [1.29, 1.82) is 0 Å². The van der Waals surface area contributed by atoms with E-state index in [1.807, 2.05) is 19.1 Å². The predicted molar refractivity (Wildman–Crippen MR) is 73.7 cm³/mol. The van der Waals surface area contributed by atoms with Crippen LogP contribution >= 0.6 is 0 Å². The van der Waals surface area contributed by atoms with Gasteiger partial charge in [0, 0.05) is 18.7 Å². The molecule has 5 heteroatoms. The first-order chi connectivity index (χ1) is 9.02. The number of aliphatic carboxylic acids is 1. The molecule has 0 radical (unpaired) electrons. The molecule has 1 aromatic carbocycles. The van der Waals surface area contributed by atoms with Crippen LogP contribution in [0.1, 0.15) is 25.3 Å². The van der Waals surface area contributed by atoms with Gasteiger partial charge in [-0.15, -0.1) is 0 Å². The summed E-state index contributed by atoms with van der Waals surface area (Å²) in [5.41, 5.74) is 7.30. The van der Waals surface area contributed by atoms with E-state index in [4.69, 9.17) is 10.8 Å². The van der Waals surface area contributed by atoms with Gasteiger partial charge in [-0.1, -0.05) is 19.1 Å². The van der Waals surface area contributed by atoms with Gasteiger partial charge < -0.3 is 15.7 Å². The van der Waals surface area contributed by atoms with E-state index in [9.17, 15) is 9.59 Å². The fraction of sp³-hybridized carbons (Fsp3) is 0.429. The Bertz CT molecular complexity index is 429. The van der Waals surface area contributed by atoms with Crippen LogP contribution in [-0.2, 0) is 16.0 Å². The Labute approximate surface area is 113 Å². The average Bonchev–Trinajstić information content (AvgIpc) is 2.37. The largest absolute Gasteiger partial charge is 0.480 e. The maximum Gasteiger partial charge on any atom is 0.323 e. The zero-order valence-corrected chi connectivity index (χ0v) is 11.1. The summed E-state index contributed by atoms with van der Waals surface area (Å²) in [5.74, 6) is -1.10. The predicted octanol–water partition coefficient (Wildman–Crippen LogP) is 1.52. The zero-order valence-electron chi connectivity index (χ0n) is 11.1. The van der Waals surface area contributed by atoms with Crippen LogP contribution in [0.2, 0.25) is 0 Å². The molecule has 1 rings (SSSR count). The number of nitrogens with two attached hydrogens (primary N) is 1. The Balaban J connectivity index is 2.51. The lowest BCUT2D eigenvalue weighted by Gasteiger charge is -2.19. The highest BCUT2D eigenvalue weighted by Crippen LogP contribution is 2.09. The van der Waals surface area contributed by atoms with Crippen molar-refractivity contribution in [3.05, 3.63) is 29.8 Å². The highest BCUT2D eigenvalue weighted by atomic mass is 16.4. The maximum atomic E-state index is 11.9. The van der Waals surface area contributed by atoms with Crippen LogP contribution in [0.15, 0.2) is 24.3 Å². The number of carbonyl (C=O) groups excluding carboxylic acids is 1. The molecule has 3 N–H and O–H groups in total. The molecule has 5 nitrogen and oxygen atoms in total. The standard InChI is InChI=1S/C14H20N2O3/c1-2-9-16(10-14(18)19)13(17)8-5-11-3-6-12(15)7-4-11/h3-4,6-7H,2,5,8-10,15H2,1H3,(H,18,19). The summed E-state index contributed by atoms with van der Waals surface area (Å²) < 4.78 is 0. The minimum absolute atomic E-state index is 0.124. The Morgan fingerprint density at radius 1 is 1.26 bits per heavy atom. The van der Waals surface area contributed by atoms with Gasteiger partial charge in [-0.2, -0.15) is 0 Å². The number of benzene rings is 1. The van der Waals surface area contributed by atoms with E-state index in [2.05, 4.69) is 0 Å². The minimum atomic E-state index is -0.978. The molecule has 0 bridgehead atoms. The molecule has 0 unspecified atom stereocenters. The molecule has 0 spiro atoms. The quantitative estimate of drug-likeness (QED) is 0.731. The van der Waals surface area contributed by atoms with Crippen LogP contribution in [0.25, 0.3) is 0 Å². The normalized spacial score (nSPS) is 10.2. The lowest BCUT2D eigenvalue weighted by Crippen LogP contribution is -2.36. The van der Waals surface area contributed by atoms with E-state index in [0.29, 0.717) is 25.1 Å². The highest BCUT2D eigenvalue weighted by Gasteiger charge is 2.15. The first kappa shape index (κ1) is 15.0. The summed E-state index contributed by atoms with van der Waals surface area (Å²) >= 11 is 0. The van der Waals surface area contributed by atoms with Crippen molar-refractivity contribution in [2.24, 2.45) is 0 Å². The highest BCUT2D eigenvalue weighted by molar-refractivity contribution is 5.81. The van der Waals surface area contributed by atoms with Gasteiger partial charge in [0.15, 0.2) is 0 Å². The fourth-order valence-corrected chi connectivity index (χ4v) is 1.82. The van der Waals surface area contributed by atoms with Gasteiger partial charge in [-0.05, 0) is 30.5 Å². The van der Waals surface area contributed by atoms with Crippen LogP contribution < -0.4 is 5.73 Å². The number of carboxylic acid groups (broad SMARTS) is 1. The number of aryl methyl sites for hydroxylation is 1. The molecule has 1 aromatic rings. The summed E-state index contributed by atoms with van der Waals surface area (Å²) in [5, 5.41) is 8.77. The molecule has 0 fully saturated rings. The Morgan fingerprint density at radius 3 is 2.42 bits per heavy atom. The molecule has 1 amide bonds. The van der Waals surface area contributed by atoms with Crippen LogP contribution in [-0.4, -0.2) is 35.0 Å². The lowest BCUT2D eigenvalue weighted by atomic mass is 10.1. The number of anilines is 1.